The third-order valence-corrected chi connectivity index (χ3v) is 5.65. The number of rotatable bonds is 8. The summed E-state index contributed by atoms with van der Waals surface area (Å²) >= 11 is 5.89. The molecule has 1 aliphatic rings. The van der Waals surface area contributed by atoms with Crippen LogP contribution in [-0.2, 0) is 11.2 Å². The van der Waals surface area contributed by atoms with Gasteiger partial charge in [0.05, 0.1) is 0 Å². The number of halogens is 1. The Balaban J connectivity index is 1.36. The number of hydrogen-bond donors (Lipinski definition) is 1. The van der Waals surface area contributed by atoms with E-state index in [1.165, 1.54) is 12.8 Å². The van der Waals surface area contributed by atoms with Crippen LogP contribution >= 0.6 is 11.6 Å². The highest BCUT2D eigenvalue weighted by Crippen LogP contribution is 2.19. The monoisotopic (exact) mass is 404 g/mol. The Bertz CT molecular complexity index is 754. The molecule has 1 fully saturated rings. The SMILES string of the molecule is CC1CCN(C(C)CNC(=O)CCCc2nc(-c3ccc(Cl)cc3)no2)CC1. The van der Waals surface area contributed by atoms with Gasteiger partial charge in [-0.1, -0.05) is 23.7 Å². The molecular weight excluding hydrogens is 376 g/mol. The maximum absolute atomic E-state index is 12.1. The molecule has 1 atom stereocenters. The number of carbonyl (C=O) groups is 1. The molecule has 152 valence electrons. The topological polar surface area (TPSA) is 71.3 Å². The Morgan fingerprint density at radius 2 is 2.04 bits per heavy atom. The van der Waals surface area contributed by atoms with Crippen molar-refractivity contribution in [3.05, 3.63) is 35.2 Å². The summed E-state index contributed by atoms with van der Waals surface area (Å²) < 4.78 is 5.28. The van der Waals surface area contributed by atoms with Crippen molar-refractivity contribution >= 4 is 17.5 Å². The van der Waals surface area contributed by atoms with Crippen LogP contribution in [0, 0.1) is 5.92 Å². The molecule has 2 aromatic rings. The number of likely N-dealkylation sites (tertiary alicyclic amines) is 1. The third-order valence-electron chi connectivity index (χ3n) is 5.40. The standard InChI is InChI=1S/C21H29ClN4O2/c1-15-10-12-26(13-11-15)16(2)14-23-19(27)4-3-5-20-24-21(25-28-20)17-6-8-18(22)9-7-17/h6-9,15-16H,3-5,10-14H2,1-2H3,(H,23,27). The number of aryl methyl sites for hydroxylation is 1. The number of aromatic nitrogens is 2. The predicted octanol–water partition coefficient (Wildman–Crippen LogP) is 3.95. The Morgan fingerprint density at radius 3 is 2.75 bits per heavy atom. The molecule has 0 bridgehead atoms. The summed E-state index contributed by atoms with van der Waals surface area (Å²) in [5.41, 5.74) is 0.859. The molecule has 0 spiro atoms. The fourth-order valence-corrected chi connectivity index (χ4v) is 3.55. The number of benzene rings is 1. The maximum atomic E-state index is 12.1. The van der Waals surface area contributed by atoms with E-state index in [1.807, 2.05) is 12.1 Å². The highest BCUT2D eigenvalue weighted by atomic mass is 35.5. The number of hydrogen-bond acceptors (Lipinski definition) is 5. The third kappa shape index (κ3) is 6.04. The fourth-order valence-electron chi connectivity index (χ4n) is 3.42. The Labute approximate surface area is 171 Å². The minimum atomic E-state index is 0.0784. The molecule has 1 saturated heterocycles. The van der Waals surface area contributed by atoms with E-state index in [9.17, 15) is 4.79 Å². The van der Waals surface area contributed by atoms with Gasteiger partial charge in [-0.05, 0) is 69.5 Å². The van der Waals surface area contributed by atoms with Crippen molar-refractivity contribution in [2.24, 2.45) is 5.92 Å². The van der Waals surface area contributed by atoms with Crippen molar-refractivity contribution in [3.63, 3.8) is 0 Å². The van der Waals surface area contributed by atoms with E-state index in [0.717, 1.165) is 24.6 Å². The van der Waals surface area contributed by atoms with Gasteiger partial charge in [0.2, 0.25) is 17.6 Å². The van der Waals surface area contributed by atoms with Crippen LogP contribution in [0.3, 0.4) is 0 Å². The second-order valence-corrected chi connectivity index (χ2v) is 8.18. The molecule has 1 unspecified atom stereocenters. The molecular formula is C21H29ClN4O2. The average molecular weight is 405 g/mol. The van der Waals surface area contributed by atoms with Gasteiger partial charge in [0.15, 0.2) is 0 Å². The van der Waals surface area contributed by atoms with Crippen LogP contribution in [0.15, 0.2) is 28.8 Å². The van der Waals surface area contributed by atoms with Crippen molar-refractivity contribution in [1.82, 2.24) is 20.4 Å². The Hall–Kier alpha value is -1.92. The van der Waals surface area contributed by atoms with Gasteiger partial charge >= 0.3 is 0 Å². The van der Waals surface area contributed by atoms with E-state index in [-0.39, 0.29) is 5.91 Å². The highest BCUT2D eigenvalue weighted by molar-refractivity contribution is 6.30. The van der Waals surface area contributed by atoms with Crippen LogP contribution in [0.5, 0.6) is 0 Å². The molecule has 0 aliphatic carbocycles. The lowest BCUT2D eigenvalue weighted by Crippen LogP contribution is -2.45. The van der Waals surface area contributed by atoms with Gasteiger partial charge < -0.3 is 9.84 Å². The summed E-state index contributed by atoms with van der Waals surface area (Å²) in [6, 6.07) is 7.68. The van der Waals surface area contributed by atoms with Gasteiger partial charge in [-0.25, -0.2) is 0 Å². The molecule has 1 aliphatic heterocycles. The van der Waals surface area contributed by atoms with E-state index < -0.39 is 0 Å². The summed E-state index contributed by atoms with van der Waals surface area (Å²) in [6.45, 7) is 7.46. The van der Waals surface area contributed by atoms with Crippen LogP contribution in [0.1, 0.15) is 45.4 Å². The number of nitrogens with one attached hydrogen (secondary N) is 1. The summed E-state index contributed by atoms with van der Waals surface area (Å²) in [5.74, 6) is 1.99. The maximum Gasteiger partial charge on any atom is 0.226 e. The minimum Gasteiger partial charge on any atom is -0.355 e. The van der Waals surface area contributed by atoms with Crippen LogP contribution in [0.2, 0.25) is 5.02 Å². The van der Waals surface area contributed by atoms with E-state index in [2.05, 4.69) is 34.2 Å². The normalized spacial score (nSPS) is 16.8. The molecule has 6 nitrogen and oxygen atoms in total. The summed E-state index contributed by atoms with van der Waals surface area (Å²) in [5, 5.41) is 7.72. The first-order chi connectivity index (χ1) is 13.5. The number of carbonyl (C=O) groups excluding carboxylic acids is 1. The van der Waals surface area contributed by atoms with Crippen molar-refractivity contribution < 1.29 is 9.32 Å². The van der Waals surface area contributed by atoms with E-state index >= 15 is 0 Å². The molecule has 1 aromatic heterocycles. The fraction of sp³-hybridized carbons (Fsp3) is 0.571. The molecule has 7 heteroatoms. The lowest BCUT2D eigenvalue weighted by Gasteiger charge is -2.35. The minimum absolute atomic E-state index is 0.0784. The van der Waals surface area contributed by atoms with Gasteiger partial charge in [0.25, 0.3) is 0 Å². The lowest BCUT2D eigenvalue weighted by atomic mass is 9.98. The zero-order valence-electron chi connectivity index (χ0n) is 16.7. The average Bonchev–Trinajstić information content (AvgIpc) is 3.16. The second-order valence-electron chi connectivity index (χ2n) is 7.74. The Morgan fingerprint density at radius 1 is 1.32 bits per heavy atom. The van der Waals surface area contributed by atoms with E-state index in [0.29, 0.717) is 48.6 Å². The molecule has 2 heterocycles. The van der Waals surface area contributed by atoms with Crippen molar-refractivity contribution in [2.45, 2.75) is 52.0 Å². The predicted molar refractivity (Wildman–Crippen MR) is 110 cm³/mol. The van der Waals surface area contributed by atoms with Crippen LogP contribution in [-0.4, -0.2) is 46.6 Å². The summed E-state index contributed by atoms with van der Waals surface area (Å²) in [7, 11) is 0. The zero-order chi connectivity index (χ0) is 19.9. The number of piperidine rings is 1. The summed E-state index contributed by atoms with van der Waals surface area (Å²) in [6.07, 6.45) is 4.24. The van der Waals surface area contributed by atoms with Crippen LogP contribution in [0.4, 0.5) is 0 Å². The van der Waals surface area contributed by atoms with Crippen molar-refractivity contribution in [3.8, 4) is 11.4 Å². The molecule has 1 aromatic carbocycles. The van der Waals surface area contributed by atoms with Gasteiger partial charge in [-0.15, -0.1) is 0 Å². The summed E-state index contributed by atoms with van der Waals surface area (Å²) in [4.78, 5) is 19.0. The van der Waals surface area contributed by atoms with Gasteiger partial charge in [0.1, 0.15) is 0 Å². The largest absolute Gasteiger partial charge is 0.355 e. The molecule has 1 N–H and O–H groups in total. The number of nitrogens with zero attached hydrogens (tertiary/aromatic N) is 3. The van der Waals surface area contributed by atoms with Crippen molar-refractivity contribution in [2.75, 3.05) is 19.6 Å². The Kier molecular flexibility index (Phi) is 7.45. The van der Waals surface area contributed by atoms with Gasteiger partial charge in [-0.3, -0.25) is 9.69 Å². The van der Waals surface area contributed by atoms with E-state index in [4.69, 9.17) is 16.1 Å². The molecule has 1 amide bonds. The zero-order valence-corrected chi connectivity index (χ0v) is 17.4. The lowest BCUT2D eigenvalue weighted by molar-refractivity contribution is -0.121. The van der Waals surface area contributed by atoms with Gasteiger partial charge in [-0.2, -0.15) is 4.98 Å². The first-order valence-corrected chi connectivity index (χ1v) is 10.5. The van der Waals surface area contributed by atoms with Crippen LogP contribution < -0.4 is 5.32 Å². The molecule has 28 heavy (non-hydrogen) atoms. The highest BCUT2D eigenvalue weighted by Gasteiger charge is 2.20. The van der Waals surface area contributed by atoms with Gasteiger partial charge in [0, 0.05) is 36.0 Å². The quantitative estimate of drug-likeness (QED) is 0.721. The molecule has 3 rings (SSSR count). The molecule has 0 saturated carbocycles. The first-order valence-electron chi connectivity index (χ1n) is 10.1. The van der Waals surface area contributed by atoms with Crippen molar-refractivity contribution in [1.29, 1.82) is 0 Å². The smallest absolute Gasteiger partial charge is 0.226 e. The number of amides is 1. The van der Waals surface area contributed by atoms with Crippen LogP contribution in [0.25, 0.3) is 11.4 Å². The van der Waals surface area contributed by atoms with E-state index in [1.54, 1.807) is 12.1 Å². The first kappa shape index (κ1) is 20.8. The molecule has 0 radical (unpaired) electrons. The second kappa shape index (κ2) is 10.0.